The van der Waals surface area contributed by atoms with Crippen molar-refractivity contribution in [3.63, 3.8) is 0 Å². The van der Waals surface area contributed by atoms with Crippen LogP contribution in [-0.4, -0.2) is 35.8 Å². The highest BCUT2D eigenvalue weighted by atomic mass is 16.6. The molecule has 0 aromatic heterocycles. The molecular formula is C19H22O5. The number of carbonyl (C=O) groups is 3. The van der Waals surface area contributed by atoms with E-state index in [0.29, 0.717) is 12.8 Å². The van der Waals surface area contributed by atoms with Crippen molar-refractivity contribution in [2.45, 2.75) is 51.7 Å². The fraction of sp³-hybridized carbons (Fsp3) is 0.737. The second-order valence-corrected chi connectivity index (χ2v) is 8.95. The molecule has 0 N–H and O–H groups in total. The number of fused-ring (bicyclic) bond motifs is 2. The van der Waals surface area contributed by atoms with Gasteiger partial charge >= 0.3 is 5.97 Å². The van der Waals surface area contributed by atoms with Crippen LogP contribution in [0.25, 0.3) is 0 Å². The zero-order valence-electron chi connectivity index (χ0n) is 14.3. The van der Waals surface area contributed by atoms with Crippen LogP contribution >= 0.6 is 0 Å². The summed E-state index contributed by atoms with van der Waals surface area (Å²) in [4.78, 5) is 39.5. The van der Waals surface area contributed by atoms with E-state index in [9.17, 15) is 14.4 Å². The highest BCUT2D eigenvalue weighted by Gasteiger charge is 2.88. The van der Waals surface area contributed by atoms with Gasteiger partial charge in [0.25, 0.3) is 0 Å². The smallest absolute Gasteiger partial charge is 0.339 e. The van der Waals surface area contributed by atoms with Gasteiger partial charge in [-0.1, -0.05) is 26.8 Å². The minimum atomic E-state index is -1.26. The van der Waals surface area contributed by atoms with Crippen molar-refractivity contribution >= 4 is 17.5 Å². The Kier molecular flexibility index (Phi) is 2.37. The Morgan fingerprint density at radius 1 is 1.21 bits per heavy atom. The Labute approximate surface area is 140 Å². The molecule has 4 unspecified atom stereocenters. The largest absolute Gasteiger partial charge is 0.462 e. The van der Waals surface area contributed by atoms with Crippen LogP contribution in [0.5, 0.6) is 0 Å². The first-order valence-electron chi connectivity index (χ1n) is 8.86. The third-order valence-corrected chi connectivity index (χ3v) is 7.74. The van der Waals surface area contributed by atoms with Gasteiger partial charge in [-0.3, -0.25) is 9.59 Å². The fourth-order valence-corrected chi connectivity index (χ4v) is 6.60. The van der Waals surface area contributed by atoms with Crippen molar-refractivity contribution in [3.8, 4) is 0 Å². The first-order chi connectivity index (χ1) is 11.2. The number of allylic oxidation sites excluding steroid dienone is 1. The topological polar surface area (TPSA) is 69.7 Å². The van der Waals surface area contributed by atoms with E-state index in [1.165, 1.54) is 0 Å². The van der Waals surface area contributed by atoms with E-state index in [2.05, 4.69) is 0 Å². The summed E-state index contributed by atoms with van der Waals surface area (Å²) in [5.41, 5.74) is -3.80. The molecule has 2 heterocycles. The van der Waals surface area contributed by atoms with Gasteiger partial charge in [-0.15, -0.1) is 0 Å². The lowest BCUT2D eigenvalue weighted by Gasteiger charge is -2.61. The maximum atomic E-state index is 13.5. The zero-order valence-corrected chi connectivity index (χ0v) is 14.3. The normalized spacial score (nSPS) is 53.6. The first-order valence-corrected chi connectivity index (χ1v) is 8.86. The number of hydrogen-bond acceptors (Lipinski definition) is 5. The van der Waals surface area contributed by atoms with E-state index >= 15 is 0 Å². The Morgan fingerprint density at radius 2 is 1.96 bits per heavy atom. The van der Waals surface area contributed by atoms with Gasteiger partial charge in [-0.2, -0.15) is 0 Å². The summed E-state index contributed by atoms with van der Waals surface area (Å²) in [7, 11) is 0. The molecule has 6 aliphatic rings. The zero-order chi connectivity index (χ0) is 17.1. The number of rotatable bonds is 0. The van der Waals surface area contributed by atoms with Gasteiger partial charge in [0.1, 0.15) is 17.8 Å². The average Bonchev–Trinajstić information content (AvgIpc) is 2.76. The lowest BCUT2D eigenvalue weighted by Crippen LogP contribution is -2.75. The Morgan fingerprint density at radius 3 is 2.71 bits per heavy atom. The van der Waals surface area contributed by atoms with E-state index in [1.54, 1.807) is 6.08 Å². The summed E-state index contributed by atoms with van der Waals surface area (Å²) < 4.78 is 12.0. The minimum Gasteiger partial charge on any atom is -0.462 e. The number of ether oxygens (including phenoxy) is 2. The van der Waals surface area contributed by atoms with Crippen LogP contribution in [0.3, 0.4) is 0 Å². The van der Waals surface area contributed by atoms with E-state index in [-0.39, 0.29) is 30.0 Å². The second kappa shape index (κ2) is 3.85. The highest BCUT2D eigenvalue weighted by Crippen LogP contribution is 2.75. The van der Waals surface area contributed by atoms with Crippen LogP contribution in [0, 0.1) is 28.1 Å². The predicted octanol–water partition coefficient (Wildman–Crippen LogP) is 1.84. The molecule has 5 heteroatoms. The lowest BCUT2D eigenvalue weighted by molar-refractivity contribution is -0.222. The van der Waals surface area contributed by atoms with Crippen molar-refractivity contribution in [2.75, 3.05) is 6.61 Å². The Bertz CT molecular complexity index is 736. The maximum absolute atomic E-state index is 13.5. The Balaban J connectivity index is 1.87. The Hall–Kier alpha value is -1.49. The molecular weight excluding hydrogens is 308 g/mol. The standard InChI is InChI=1S/C19H22O5/c1-10-11-4-7-18(13(10)21)17-9-23-15(22)19(18,8-11)24-14(17)16(2,3)6-5-12(17)20/h5-6,10-11,14H,4,7-9H2,1-3H3/t10?,11?,14-,17?,18?,19+/m1/s1. The van der Waals surface area contributed by atoms with Gasteiger partial charge in [-0.25, -0.2) is 4.79 Å². The molecule has 0 radical (unpaired) electrons. The molecule has 2 aliphatic heterocycles. The molecule has 6 atom stereocenters. The number of carbonyl (C=O) groups excluding carboxylic acids is 3. The molecule has 4 aliphatic carbocycles. The summed E-state index contributed by atoms with van der Waals surface area (Å²) in [6.45, 7) is 5.92. The maximum Gasteiger partial charge on any atom is 0.339 e. The molecule has 0 amide bonds. The van der Waals surface area contributed by atoms with E-state index in [1.807, 2.05) is 26.8 Å². The van der Waals surface area contributed by atoms with Gasteiger partial charge in [-0.05, 0) is 31.3 Å². The second-order valence-electron chi connectivity index (χ2n) is 8.95. The third-order valence-electron chi connectivity index (χ3n) is 7.74. The highest BCUT2D eigenvalue weighted by molar-refractivity contribution is 6.09. The van der Waals surface area contributed by atoms with E-state index in [4.69, 9.17) is 9.47 Å². The minimum absolute atomic E-state index is 0.0338. The number of cyclic esters (lactones) is 1. The molecule has 5 fully saturated rings. The number of Topliss-reactive ketones (excluding diaryl/α,β-unsaturated/α-hetero) is 1. The summed E-state index contributed by atoms with van der Waals surface area (Å²) in [5, 5.41) is 0. The van der Waals surface area contributed by atoms with Crippen molar-refractivity contribution in [2.24, 2.45) is 28.1 Å². The van der Waals surface area contributed by atoms with Crippen molar-refractivity contribution in [1.29, 1.82) is 0 Å². The van der Waals surface area contributed by atoms with E-state index in [0.717, 1.165) is 6.42 Å². The summed E-state index contributed by atoms with van der Waals surface area (Å²) in [5.74, 6) is -0.492. The van der Waals surface area contributed by atoms with Crippen molar-refractivity contribution < 1.29 is 23.9 Å². The summed E-state index contributed by atoms with van der Waals surface area (Å²) in [6.07, 6.45) is 4.88. The van der Waals surface area contributed by atoms with Crippen molar-refractivity contribution in [1.82, 2.24) is 0 Å². The molecule has 6 rings (SSSR count). The summed E-state index contributed by atoms with van der Waals surface area (Å²) >= 11 is 0. The van der Waals surface area contributed by atoms with Gasteiger partial charge in [0, 0.05) is 11.3 Å². The molecule has 0 aromatic carbocycles. The monoisotopic (exact) mass is 330 g/mol. The molecule has 3 saturated carbocycles. The van der Waals surface area contributed by atoms with Gasteiger partial charge < -0.3 is 9.47 Å². The van der Waals surface area contributed by atoms with Gasteiger partial charge in [0.15, 0.2) is 11.4 Å². The molecule has 2 spiro atoms. The van der Waals surface area contributed by atoms with Crippen molar-refractivity contribution in [3.05, 3.63) is 12.2 Å². The van der Waals surface area contributed by atoms with Crippen LogP contribution < -0.4 is 0 Å². The third kappa shape index (κ3) is 1.15. The fourth-order valence-electron chi connectivity index (χ4n) is 6.60. The van der Waals surface area contributed by atoms with E-state index < -0.39 is 33.9 Å². The first kappa shape index (κ1) is 14.8. The van der Waals surface area contributed by atoms with Crippen LogP contribution in [0.15, 0.2) is 12.2 Å². The number of hydrogen-bond donors (Lipinski definition) is 0. The number of ketones is 2. The quantitative estimate of drug-likeness (QED) is 0.634. The van der Waals surface area contributed by atoms with Gasteiger partial charge in [0.05, 0.1) is 11.5 Å². The molecule has 4 bridgehead atoms. The predicted molar refractivity (Wildman–Crippen MR) is 82.9 cm³/mol. The summed E-state index contributed by atoms with van der Waals surface area (Å²) in [6, 6.07) is 0. The molecule has 2 saturated heterocycles. The molecule has 5 nitrogen and oxygen atoms in total. The molecule has 24 heavy (non-hydrogen) atoms. The molecule has 0 aromatic rings. The lowest BCUT2D eigenvalue weighted by atomic mass is 9.38. The SMILES string of the molecule is CC1C(=O)C23CCC1C[C@@]21O[C@@H]2C(C)(C)C=CC(=O)C23COC1=O. The van der Waals surface area contributed by atoms with Crippen LogP contribution in [-0.2, 0) is 23.9 Å². The van der Waals surface area contributed by atoms with Crippen LogP contribution in [0.2, 0.25) is 0 Å². The van der Waals surface area contributed by atoms with Crippen LogP contribution in [0.1, 0.15) is 40.0 Å². The molecule has 128 valence electrons. The van der Waals surface area contributed by atoms with Crippen LogP contribution in [0.4, 0.5) is 0 Å². The number of esters is 1. The van der Waals surface area contributed by atoms with Gasteiger partial charge in [0.2, 0.25) is 0 Å². The average molecular weight is 330 g/mol.